The highest BCUT2D eigenvalue weighted by Crippen LogP contribution is 2.49. The second kappa shape index (κ2) is 6.38. The zero-order valence-corrected chi connectivity index (χ0v) is 14.0. The van der Waals surface area contributed by atoms with Crippen molar-refractivity contribution in [2.45, 2.75) is 29.4 Å². The van der Waals surface area contributed by atoms with E-state index in [4.69, 9.17) is 11.6 Å². The van der Waals surface area contributed by atoms with Crippen LogP contribution in [-0.2, 0) is 4.79 Å². The Labute approximate surface area is 143 Å². The number of ketones is 1. The molecule has 2 atom stereocenters. The van der Waals surface area contributed by atoms with Crippen molar-refractivity contribution < 1.29 is 14.7 Å². The van der Waals surface area contributed by atoms with Gasteiger partial charge in [-0.15, -0.1) is 11.8 Å². The summed E-state index contributed by atoms with van der Waals surface area (Å²) in [6, 6.07) is 12.3. The van der Waals surface area contributed by atoms with E-state index < -0.39 is 11.9 Å². The summed E-state index contributed by atoms with van der Waals surface area (Å²) in [4.78, 5) is 25.2. The number of carboxylic acids is 1. The second-order valence-corrected chi connectivity index (χ2v) is 7.13. The van der Waals surface area contributed by atoms with Gasteiger partial charge in [0.15, 0.2) is 5.78 Å². The number of carboxylic acid groups (broad SMARTS) is 1. The van der Waals surface area contributed by atoms with Crippen LogP contribution in [0.5, 0.6) is 0 Å². The molecule has 0 aliphatic carbocycles. The zero-order valence-electron chi connectivity index (χ0n) is 12.5. The molecule has 0 bridgehead atoms. The first-order chi connectivity index (χ1) is 11.0. The Morgan fingerprint density at radius 3 is 2.52 bits per heavy atom. The molecule has 118 valence electrons. The molecule has 1 heterocycles. The summed E-state index contributed by atoms with van der Waals surface area (Å²) < 4.78 is 0. The Bertz CT molecular complexity index is 773. The molecule has 0 fully saturated rings. The van der Waals surface area contributed by atoms with Gasteiger partial charge in [-0.05, 0) is 24.1 Å². The van der Waals surface area contributed by atoms with Crippen LogP contribution in [0.15, 0.2) is 47.4 Å². The lowest BCUT2D eigenvalue weighted by Gasteiger charge is -2.12. The average Bonchev–Trinajstić information content (AvgIpc) is 2.92. The lowest BCUT2D eigenvalue weighted by atomic mass is 9.91. The van der Waals surface area contributed by atoms with Crippen molar-refractivity contribution in [3.63, 3.8) is 0 Å². The van der Waals surface area contributed by atoms with Crippen molar-refractivity contribution in [3.05, 3.63) is 64.2 Å². The third-order valence-corrected chi connectivity index (χ3v) is 5.83. The topological polar surface area (TPSA) is 54.4 Å². The summed E-state index contributed by atoms with van der Waals surface area (Å²) in [6.45, 7) is 1.96. The fraction of sp³-hybridized carbons (Fsp3) is 0.222. The first kappa shape index (κ1) is 16.1. The predicted molar refractivity (Wildman–Crippen MR) is 91.6 cm³/mol. The van der Waals surface area contributed by atoms with Crippen LogP contribution in [0, 0.1) is 0 Å². The highest BCUT2D eigenvalue weighted by atomic mass is 35.5. The highest BCUT2D eigenvalue weighted by Gasteiger charge is 2.39. The van der Waals surface area contributed by atoms with Gasteiger partial charge in [-0.3, -0.25) is 9.59 Å². The van der Waals surface area contributed by atoms with Crippen LogP contribution < -0.4 is 0 Å². The van der Waals surface area contributed by atoms with E-state index in [0.29, 0.717) is 28.1 Å². The van der Waals surface area contributed by atoms with Crippen LogP contribution in [0.4, 0.5) is 0 Å². The normalized spacial score (nSPS) is 19.4. The van der Waals surface area contributed by atoms with Crippen LogP contribution in [0.25, 0.3) is 0 Å². The van der Waals surface area contributed by atoms with Crippen LogP contribution >= 0.6 is 23.4 Å². The zero-order chi connectivity index (χ0) is 16.6. The molecule has 0 radical (unpaired) electrons. The van der Waals surface area contributed by atoms with Gasteiger partial charge in [0.1, 0.15) is 0 Å². The fourth-order valence-corrected chi connectivity index (χ4v) is 4.62. The molecule has 3 rings (SSSR count). The predicted octanol–water partition coefficient (Wildman–Crippen LogP) is 4.62. The number of halogens is 1. The SMILES string of the molecule is CCC1Sc2c(C(=O)c3ccccc3)cc(Cl)cc2C1C(=O)O. The van der Waals surface area contributed by atoms with Crippen LogP contribution in [0.3, 0.4) is 0 Å². The summed E-state index contributed by atoms with van der Waals surface area (Å²) >= 11 is 7.64. The van der Waals surface area contributed by atoms with Crippen molar-refractivity contribution in [2.75, 3.05) is 0 Å². The smallest absolute Gasteiger partial charge is 0.312 e. The van der Waals surface area contributed by atoms with E-state index in [1.165, 1.54) is 11.8 Å². The van der Waals surface area contributed by atoms with Gasteiger partial charge in [-0.25, -0.2) is 0 Å². The second-order valence-electron chi connectivity index (χ2n) is 5.45. The number of hydrogen-bond acceptors (Lipinski definition) is 3. The summed E-state index contributed by atoms with van der Waals surface area (Å²) in [6.07, 6.45) is 0.715. The van der Waals surface area contributed by atoms with Gasteiger partial charge in [0.25, 0.3) is 0 Å². The number of aliphatic carboxylic acids is 1. The molecule has 0 aromatic heterocycles. The van der Waals surface area contributed by atoms with Gasteiger partial charge in [0.2, 0.25) is 0 Å². The van der Waals surface area contributed by atoms with Gasteiger partial charge in [-0.1, -0.05) is 48.9 Å². The van der Waals surface area contributed by atoms with Crippen molar-refractivity contribution in [3.8, 4) is 0 Å². The van der Waals surface area contributed by atoms with Gasteiger partial charge in [0.05, 0.1) is 5.92 Å². The van der Waals surface area contributed by atoms with Crippen molar-refractivity contribution in [1.82, 2.24) is 0 Å². The average molecular weight is 347 g/mol. The first-order valence-corrected chi connectivity index (χ1v) is 8.61. The van der Waals surface area contributed by atoms with E-state index in [-0.39, 0.29) is 11.0 Å². The van der Waals surface area contributed by atoms with E-state index in [1.807, 2.05) is 13.0 Å². The Hall–Kier alpha value is -1.78. The van der Waals surface area contributed by atoms with Gasteiger partial charge < -0.3 is 5.11 Å². The maximum atomic E-state index is 12.8. The number of fused-ring (bicyclic) bond motifs is 1. The molecule has 1 aliphatic heterocycles. The van der Waals surface area contributed by atoms with Crippen LogP contribution in [-0.4, -0.2) is 22.1 Å². The summed E-state index contributed by atoms with van der Waals surface area (Å²) in [7, 11) is 0. The van der Waals surface area contributed by atoms with Crippen LogP contribution in [0.2, 0.25) is 5.02 Å². The molecule has 1 N–H and O–H groups in total. The quantitative estimate of drug-likeness (QED) is 0.820. The lowest BCUT2D eigenvalue weighted by Crippen LogP contribution is -2.19. The number of benzene rings is 2. The number of thioether (sulfide) groups is 1. The highest BCUT2D eigenvalue weighted by molar-refractivity contribution is 8.00. The first-order valence-electron chi connectivity index (χ1n) is 7.35. The van der Waals surface area contributed by atoms with E-state index in [0.717, 1.165) is 4.90 Å². The molecule has 1 aliphatic rings. The van der Waals surface area contributed by atoms with Crippen molar-refractivity contribution >= 4 is 35.1 Å². The molecule has 0 saturated carbocycles. The molecule has 2 unspecified atom stereocenters. The lowest BCUT2D eigenvalue weighted by molar-refractivity contribution is -0.138. The largest absolute Gasteiger partial charge is 0.481 e. The molecule has 5 heteroatoms. The maximum Gasteiger partial charge on any atom is 0.312 e. The number of rotatable bonds is 4. The molecule has 3 nitrogen and oxygen atoms in total. The third kappa shape index (κ3) is 2.89. The van der Waals surface area contributed by atoms with E-state index in [9.17, 15) is 14.7 Å². The van der Waals surface area contributed by atoms with Gasteiger partial charge >= 0.3 is 5.97 Å². The minimum Gasteiger partial charge on any atom is -0.481 e. The molecule has 2 aromatic rings. The third-order valence-electron chi connectivity index (χ3n) is 4.01. The minimum atomic E-state index is -0.872. The van der Waals surface area contributed by atoms with E-state index in [2.05, 4.69) is 0 Å². The molecule has 0 amide bonds. The van der Waals surface area contributed by atoms with Gasteiger partial charge in [0, 0.05) is 26.3 Å². The summed E-state index contributed by atoms with van der Waals surface area (Å²) in [5.41, 5.74) is 1.72. The number of carbonyl (C=O) groups excluding carboxylic acids is 1. The van der Waals surface area contributed by atoms with E-state index in [1.54, 1.807) is 36.4 Å². The Kier molecular flexibility index (Phi) is 4.46. The molecule has 0 spiro atoms. The molecule has 2 aromatic carbocycles. The number of carbonyl (C=O) groups is 2. The van der Waals surface area contributed by atoms with E-state index >= 15 is 0 Å². The van der Waals surface area contributed by atoms with Gasteiger partial charge in [-0.2, -0.15) is 0 Å². The Morgan fingerprint density at radius 2 is 1.91 bits per heavy atom. The fourth-order valence-electron chi connectivity index (χ4n) is 2.92. The number of hydrogen-bond donors (Lipinski definition) is 1. The molecular formula is C18H15ClO3S. The van der Waals surface area contributed by atoms with Crippen molar-refractivity contribution in [1.29, 1.82) is 0 Å². The molecule has 23 heavy (non-hydrogen) atoms. The summed E-state index contributed by atoms with van der Waals surface area (Å²) in [5.74, 6) is -1.62. The van der Waals surface area contributed by atoms with Crippen molar-refractivity contribution in [2.24, 2.45) is 0 Å². The van der Waals surface area contributed by atoms with Crippen LogP contribution in [0.1, 0.15) is 40.7 Å². The molecule has 0 saturated heterocycles. The minimum absolute atomic E-state index is 0.0803. The molecular weight excluding hydrogens is 332 g/mol. The standard InChI is InChI=1S/C18H15ClO3S/c1-2-14-15(18(21)22)12-8-11(19)9-13(17(12)23-14)16(20)10-6-4-3-5-7-10/h3-9,14-15H,2H2,1H3,(H,21,22). The summed E-state index contributed by atoms with van der Waals surface area (Å²) in [5, 5.41) is 9.87. The Balaban J connectivity index is 2.13. The monoisotopic (exact) mass is 346 g/mol. The maximum absolute atomic E-state index is 12.8. The Morgan fingerprint density at radius 1 is 1.22 bits per heavy atom.